The lowest BCUT2D eigenvalue weighted by molar-refractivity contribution is -0.157. The minimum Gasteiger partial charge on any atom is -0.481 e. The molecular formula is C31H36N2O4. The molecule has 1 N–H and O–H groups in total. The summed E-state index contributed by atoms with van der Waals surface area (Å²) in [7, 11) is 0. The Morgan fingerprint density at radius 2 is 1.70 bits per heavy atom. The number of carbonyl (C=O) groups is 2. The number of amides is 1. The van der Waals surface area contributed by atoms with Gasteiger partial charge in [0.05, 0.1) is 11.3 Å². The van der Waals surface area contributed by atoms with Crippen LogP contribution in [0.15, 0.2) is 66.7 Å². The van der Waals surface area contributed by atoms with Crippen LogP contribution in [0.4, 0.5) is 5.69 Å². The number of anilines is 1. The van der Waals surface area contributed by atoms with E-state index in [2.05, 4.69) is 78.6 Å². The van der Waals surface area contributed by atoms with Gasteiger partial charge >= 0.3 is 5.97 Å². The summed E-state index contributed by atoms with van der Waals surface area (Å²) in [6, 6.07) is 23.6. The van der Waals surface area contributed by atoms with Gasteiger partial charge in [-0.3, -0.25) is 9.59 Å². The van der Waals surface area contributed by atoms with Crippen molar-refractivity contribution in [2.24, 2.45) is 5.92 Å². The number of rotatable bonds is 9. The van der Waals surface area contributed by atoms with Gasteiger partial charge in [0.1, 0.15) is 0 Å². The zero-order valence-corrected chi connectivity index (χ0v) is 21.6. The zero-order valence-electron chi connectivity index (χ0n) is 21.6. The maximum absolute atomic E-state index is 13.5. The number of benzene rings is 3. The van der Waals surface area contributed by atoms with Crippen LogP contribution in [0.5, 0.6) is 0 Å². The zero-order chi connectivity index (χ0) is 25.8. The number of hydrogen-bond donors (Lipinski definition) is 1. The highest BCUT2D eigenvalue weighted by molar-refractivity contribution is 5.94. The summed E-state index contributed by atoms with van der Waals surface area (Å²) in [5, 5.41) is 11.8. The van der Waals surface area contributed by atoms with Gasteiger partial charge in [-0.1, -0.05) is 60.7 Å². The van der Waals surface area contributed by atoms with Crippen LogP contribution in [0.1, 0.15) is 37.3 Å². The van der Waals surface area contributed by atoms with E-state index in [-0.39, 0.29) is 5.91 Å². The van der Waals surface area contributed by atoms with E-state index in [0.717, 1.165) is 31.5 Å². The van der Waals surface area contributed by atoms with Crippen LogP contribution >= 0.6 is 0 Å². The number of aryl methyl sites for hydroxylation is 1. The standard InChI is InChI=1S/C31H36N2O4/c1-2-32(28-11-5-9-24-8-3-4-10-27(24)28)18-6-7-23-12-14-26(15-13-23)31(16-19-37-20-17-31)30(36)33-21-25(22-33)29(34)35/h3-5,8-15,25H,2,6-7,16-22H2,1H3,(H,34,35). The number of likely N-dealkylation sites (tertiary alicyclic amines) is 1. The predicted octanol–water partition coefficient (Wildman–Crippen LogP) is 4.89. The summed E-state index contributed by atoms with van der Waals surface area (Å²) in [4.78, 5) is 28.9. The second-order valence-corrected chi connectivity index (χ2v) is 10.3. The van der Waals surface area contributed by atoms with Crippen LogP contribution in [0.2, 0.25) is 0 Å². The first-order valence-electron chi connectivity index (χ1n) is 13.4. The van der Waals surface area contributed by atoms with E-state index >= 15 is 0 Å². The fourth-order valence-corrected chi connectivity index (χ4v) is 5.85. The van der Waals surface area contributed by atoms with Gasteiger partial charge in [-0.05, 0) is 55.2 Å². The van der Waals surface area contributed by atoms with Crippen LogP contribution in [0, 0.1) is 5.92 Å². The number of fused-ring (bicyclic) bond motifs is 1. The first-order chi connectivity index (χ1) is 18.0. The fourth-order valence-electron chi connectivity index (χ4n) is 5.85. The number of carbonyl (C=O) groups excluding carboxylic acids is 1. The molecule has 0 spiro atoms. The van der Waals surface area contributed by atoms with Gasteiger partial charge in [0, 0.05) is 50.5 Å². The summed E-state index contributed by atoms with van der Waals surface area (Å²) in [6.45, 7) is 5.84. The molecule has 0 aromatic heterocycles. The predicted molar refractivity (Wildman–Crippen MR) is 146 cm³/mol. The van der Waals surface area contributed by atoms with Gasteiger partial charge in [0.25, 0.3) is 0 Å². The van der Waals surface area contributed by atoms with Crippen molar-refractivity contribution in [3.8, 4) is 0 Å². The summed E-state index contributed by atoms with van der Waals surface area (Å²) < 4.78 is 5.59. The van der Waals surface area contributed by atoms with E-state index < -0.39 is 17.3 Å². The monoisotopic (exact) mass is 500 g/mol. The van der Waals surface area contributed by atoms with Crippen LogP contribution in [0.3, 0.4) is 0 Å². The molecule has 6 heteroatoms. The first kappa shape index (κ1) is 25.3. The van der Waals surface area contributed by atoms with Crippen molar-refractivity contribution < 1.29 is 19.4 Å². The van der Waals surface area contributed by atoms with Crippen molar-refractivity contribution in [3.63, 3.8) is 0 Å². The fraction of sp³-hybridized carbons (Fsp3) is 0.419. The third-order valence-electron chi connectivity index (χ3n) is 8.16. The topological polar surface area (TPSA) is 70.1 Å². The lowest BCUT2D eigenvalue weighted by Gasteiger charge is -2.45. The van der Waals surface area contributed by atoms with Gasteiger partial charge in [-0.25, -0.2) is 0 Å². The minimum absolute atomic E-state index is 0.0507. The van der Waals surface area contributed by atoms with Crippen molar-refractivity contribution >= 4 is 28.3 Å². The van der Waals surface area contributed by atoms with Crippen molar-refractivity contribution in [1.82, 2.24) is 4.90 Å². The number of ether oxygens (including phenoxy) is 1. The molecule has 0 saturated carbocycles. The molecule has 0 radical (unpaired) electrons. The Bertz CT molecular complexity index is 1240. The second-order valence-electron chi connectivity index (χ2n) is 10.3. The molecule has 3 aromatic rings. The molecule has 194 valence electrons. The van der Waals surface area contributed by atoms with Crippen LogP contribution < -0.4 is 4.90 Å². The third-order valence-corrected chi connectivity index (χ3v) is 8.16. The summed E-state index contributed by atoms with van der Waals surface area (Å²) >= 11 is 0. The van der Waals surface area contributed by atoms with E-state index in [9.17, 15) is 14.7 Å². The van der Waals surface area contributed by atoms with E-state index in [4.69, 9.17) is 4.74 Å². The Hall–Kier alpha value is -3.38. The summed E-state index contributed by atoms with van der Waals surface area (Å²) in [6.07, 6.45) is 3.28. The molecule has 6 nitrogen and oxygen atoms in total. The van der Waals surface area contributed by atoms with Gasteiger partial charge in [-0.2, -0.15) is 0 Å². The number of nitrogens with zero attached hydrogens (tertiary/aromatic N) is 2. The smallest absolute Gasteiger partial charge is 0.310 e. The highest BCUT2D eigenvalue weighted by atomic mass is 16.5. The molecule has 0 atom stereocenters. The molecule has 1 amide bonds. The van der Waals surface area contributed by atoms with Crippen LogP contribution in [-0.2, 0) is 26.2 Å². The molecule has 2 saturated heterocycles. The molecule has 0 unspecified atom stereocenters. The summed E-state index contributed by atoms with van der Waals surface area (Å²) in [5.41, 5.74) is 2.96. The average Bonchev–Trinajstić information content (AvgIpc) is 2.90. The van der Waals surface area contributed by atoms with E-state index in [1.54, 1.807) is 4.90 Å². The molecule has 0 aliphatic carbocycles. The van der Waals surface area contributed by atoms with Crippen LogP contribution in [0.25, 0.3) is 10.8 Å². The molecule has 0 bridgehead atoms. The molecule has 37 heavy (non-hydrogen) atoms. The third kappa shape index (κ3) is 5.08. The number of hydrogen-bond acceptors (Lipinski definition) is 4. The normalized spacial score (nSPS) is 17.4. The Morgan fingerprint density at radius 1 is 1.00 bits per heavy atom. The highest BCUT2D eigenvalue weighted by Gasteiger charge is 2.48. The molecule has 2 heterocycles. The Kier molecular flexibility index (Phi) is 7.47. The number of carboxylic acid groups (broad SMARTS) is 1. The molecule has 2 fully saturated rings. The largest absolute Gasteiger partial charge is 0.481 e. The molecule has 3 aromatic carbocycles. The lowest BCUT2D eigenvalue weighted by Crippen LogP contribution is -2.59. The van der Waals surface area contributed by atoms with Gasteiger partial charge in [0.15, 0.2) is 0 Å². The molecule has 5 rings (SSSR count). The Balaban J connectivity index is 1.24. The quantitative estimate of drug-likeness (QED) is 0.453. The number of aliphatic carboxylic acids is 1. The SMILES string of the molecule is CCN(CCCc1ccc(C2(C(=O)N3CC(C(=O)O)C3)CCOCC2)cc1)c1cccc2ccccc12. The first-order valence-corrected chi connectivity index (χ1v) is 13.4. The van der Waals surface area contributed by atoms with E-state index in [1.165, 1.54) is 22.0 Å². The Morgan fingerprint density at radius 3 is 2.41 bits per heavy atom. The minimum atomic E-state index is -0.823. The second kappa shape index (κ2) is 10.9. The van der Waals surface area contributed by atoms with E-state index in [0.29, 0.717) is 39.1 Å². The molecule has 2 aliphatic heterocycles. The van der Waals surface area contributed by atoms with Gasteiger partial charge in [0.2, 0.25) is 5.91 Å². The van der Waals surface area contributed by atoms with Crippen molar-refractivity contribution in [2.75, 3.05) is 44.3 Å². The van der Waals surface area contributed by atoms with E-state index in [1.807, 2.05) is 0 Å². The van der Waals surface area contributed by atoms with Gasteiger partial charge < -0.3 is 19.6 Å². The van der Waals surface area contributed by atoms with Crippen LogP contribution in [-0.4, -0.2) is 61.3 Å². The highest BCUT2D eigenvalue weighted by Crippen LogP contribution is 2.39. The van der Waals surface area contributed by atoms with Gasteiger partial charge in [-0.15, -0.1) is 0 Å². The maximum atomic E-state index is 13.5. The van der Waals surface area contributed by atoms with Crippen molar-refractivity contribution in [1.29, 1.82) is 0 Å². The average molecular weight is 501 g/mol. The molecular weight excluding hydrogens is 464 g/mol. The molecule has 2 aliphatic rings. The van der Waals surface area contributed by atoms with Crippen molar-refractivity contribution in [3.05, 3.63) is 77.9 Å². The number of carboxylic acids is 1. The Labute approximate surface area is 218 Å². The van der Waals surface area contributed by atoms with Crippen molar-refractivity contribution in [2.45, 2.75) is 38.0 Å². The maximum Gasteiger partial charge on any atom is 0.310 e. The lowest BCUT2D eigenvalue weighted by atomic mass is 9.72. The summed E-state index contributed by atoms with van der Waals surface area (Å²) in [5.74, 6) is -1.22.